The summed E-state index contributed by atoms with van der Waals surface area (Å²) in [5.41, 5.74) is 0.961. The Bertz CT molecular complexity index is 539. The molecule has 2 heterocycles. The third kappa shape index (κ3) is 4.47. The molecule has 7 heteroatoms. The van der Waals surface area contributed by atoms with Crippen LogP contribution in [0.1, 0.15) is 32.3 Å². The van der Waals surface area contributed by atoms with Crippen LogP contribution in [0.15, 0.2) is 23.4 Å². The van der Waals surface area contributed by atoms with E-state index in [0.29, 0.717) is 13.2 Å². The van der Waals surface area contributed by atoms with Gasteiger partial charge >= 0.3 is 0 Å². The molecule has 0 aromatic carbocycles. The number of nitrogens with one attached hydrogen (secondary N) is 2. The van der Waals surface area contributed by atoms with Crippen molar-refractivity contribution in [2.24, 2.45) is 0 Å². The van der Waals surface area contributed by atoms with Gasteiger partial charge in [0.2, 0.25) is 0 Å². The van der Waals surface area contributed by atoms with Gasteiger partial charge in [0.05, 0.1) is 6.10 Å². The zero-order valence-corrected chi connectivity index (χ0v) is 13.3. The quantitative estimate of drug-likeness (QED) is 0.786. The van der Waals surface area contributed by atoms with Gasteiger partial charge in [-0.15, -0.1) is 0 Å². The van der Waals surface area contributed by atoms with Crippen molar-refractivity contribution in [2.45, 2.75) is 50.4 Å². The van der Waals surface area contributed by atoms with Crippen LogP contribution in [-0.2, 0) is 21.3 Å². The van der Waals surface area contributed by atoms with Gasteiger partial charge in [0.25, 0.3) is 10.0 Å². The molecule has 2 unspecified atom stereocenters. The van der Waals surface area contributed by atoms with Crippen LogP contribution in [0.25, 0.3) is 0 Å². The fourth-order valence-electron chi connectivity index (χ4n) is 2.32. The first-order valence-corrected chi connectivity index (χ1v) is 8.81. The number of pyridine rings is 1. The second kappa shape index (κ2) is 7.31. The summed E-state index contributed by atoms with van der Waals surface area (Å²) in [7, 11) is -3.60. The second-order valence-corrected chi connectivity index (χ2v) is 6.91. The Kier molecular flexibility index (Phi) is 5.69. The summed E-state index contributed by atoms with van der Waals surface area (Å²) in [6, 6.07) is 3.07. The number of hydrogen-bond donors (Lipinski definition) is 2. The highest BCUT2D eigenvalue weighted by molar-refractivity contribution is 7.89. The van der Waals surface area contributed by atoms with Crippen LogP contribution in [0.4, 0.5) is 0 Å². The Balaban J connectivity index is 2.01. The molecule has 1 fully saturated rings. The van der Waals surface area contributed by atoms with Gasteiger partial charge < -0.3 is 10.1 Å². The molecule has 1 aromatic heterocycles. The van der Waals surface area contributed by atoms with Crippen molar-refractivity contribution in [1.82, 2.24) is 15.0 Å². The molecule has 1 aromatic rings. The van der Waals surface area contributed by atoms with E-state index in [4.69, 9.17) is 4.74 Å². The lowest BCUT2D eigenvalue weighted by molar-refractivity contribution is 0.0902. The van der Waals surface area contributed by atoms with Crippen molar-refractivity contribution in [3.8, 4) is 0 Å². The number of aromatic nitrogens is 1. The van der Waals surface area contributed by atoms with Crippen molar-refractivity contribution < 1.29 is 13.2 Å². The van der Waals surface area contributed by atoms with Gasteiger partial charge in [-0.25, -0.2) is 18.1 Å². The van der Waals surface area contributed by atoms with E-state index in [2.05, 4.69) is 15.0 Å². The normalized spacial score (nSPS) is 20.6. The van der Waals surface area contributed by atoms with E-state index in [1.54, 1.807) is 12.3 Å². The molecule has 21 heavy (non-hydrogen) atoms. The summed E-state index contributed by atoms with van der Waals surface area (Å²) in [5, 5.41) is 3.22. The van der Waals surface area contributed by atoms with Gasteiger partial charge in [-0.3, -0.25) is 0 Å². The molecule has 1 aliphatic heterocycles. The van der Waals surface area contributed by atoms with Gasteiger partial charge in [-0.05, 0) is 37.9 Å². The molecule has 118 valence electrons. The number of ether oxygens (including phenoxy) is 1. The highest BCUT2D eigenvalue weighted by Crippen LogP contribution is 2.17. The Hall–Kier alpha value is -1.02. The van der Waals surface area contributed by atoms with Crippen LogP contribution in [0, 0.1) is 0 Å². The molecule has 0 bridgehead atoms. The van der Waals surface area contributed by atoms with Crippen LogP contribution in [0.5, 0.6) is 0 Å². The van der Waals surface area contributed by atoms with E-state index >= 15 is 0 Å². The Morgan fingerprint density at radius 2 is 2.29 bits per heavy atom. The molecule has 6 nitrogen and oxygen atoms in total. The first kappa shape index (κ1) is 16.4. The summed E-state index contributed by atoms with van der Waals surface area (Å²) in [6.07, 6.45) is 3.41. The summed E-state index contributed by atoms with van der Waals surface area (Å²) >= 11 is 0. The van der Waals surface area contributed by atoms with E-state index in [-0.39, 0.29) is 17.2 Å². The zero-order valence-electron chi connectivity index (χ0n) is 12.5. The Morgan fingerprint density at radius 1 is 1.48 bits per heavy atom. The average molecular weight is 313 g/mol. The molecule has 1 aliphatic rings. The smallest absolute Gasteiger partial charge is 0.258 e. The van der Waals surface area contributed by atoms with Crippen LogP contribution >= 0.6 is 0 Å². The first-order valence-electron chi connectivity index (χ1n) is 7.32. The minimum Gasteiger partial charge on any atom is -0.377 e. The fraction of sp³-hybridized carbons (Fsp3) is 0.643. The summed E-state index contributed by atoms with van der Waals surface area (Å²) in [5.74, 6) is 0. The third-order valence-corrected chi connectivity index (χ3v) is 4.99. The average Bonchev–Trinajstić information content (AvgIpc) is 2.99. The first-order chi connectivity index (χ1) is 10.0. The minimum absolute atomic E-state index is 0.0483. The molecule has 2 N–H and O–H groups in total. The number of nitrogens with zero attached hydrogens (tertiary/aromatic N) is 1. The number of rotatable bonds is 7. The summed E-state index contributed by atoms with van der Waals surface area (Å²) in [6.45, 7) is 6.09. The van der Waals surface area contributed by atoms with Crippen LogP contribution in [0.2, 0.25) is 0 Å². The van der Waals surface area contributed by atoms with Crippen LogP contribution in [0.3, 0.4) is 0 Å². The largest absolute Gasteiger partial charge is 0.377 e. The molecule has 0 saturated carbocycles. The maximum absolute atomic E-state index is 12.3. The highest BCUT2D eigenvalue weighted by Gasteiger charge is 2.27. The SMILES string of the molecule is CCNCc1ccc(S(=O)(=O)NC(C)C2CCCO2)nc1. The zero-order chi connectivity index (χ0) is 15.3. The monoisotopic (exact) mass is 313 g/mol. The standard InChI is InChI=1S/C14H23N3O3S/c1-3-15-9-12-6-7-14(16-10-12)21(18,19)17-11(2)13-5-4-8-20-13/h6-7,10-11,13,15,17H,3-5,8-9H2,1-2H3. The highest BCUT2D eigenvalue weighted by atomic mass is 32.2. The maximum Gasteiger partial charge on any atom is 0.258 e. The lowest BCUT2D eigenvalue weighted by atomic mass is 10.1. The molecule has 2 rings (SSSR count). The van der Waals surface area contributed by atoms with Gasteiger partial charge in [0, 0.05) is 25.4 Å². The van der Waals surface area contributed by atoms with E-state index < -0.39 is 10.0 Å². The molecule has 0 spiro atoms. The maximum atomic E-state index is 12.3. The lowest BCUT2D eigenvalue weighted by Crippen LogP contribution is -2.41. The van der Waals surface area contributed by atoms with E-state index in [1.165, 1.54) is 6.07 Å². The van der Waals surface area contributed by atoms with Crippen molar-refractivity contribution in [1.29, 1.82) is 0 Å². The van der Waals surface area contributed by atoms with Crippen LogP contribution < -0.4 is 10.0 Å². The molecule has 1 saturated heterocycles. The fourth-order valence-corrected chi connectivity index (χ4v) is 3.52. The van der Waals surface area contributed by atoms with E-state index in [9.17, 15) is 8.42 Å². The second-order valence-electron chi connectivity index (χ2n) is 5.25. The Morgan fingerprint density at radius 3 is 2.86 bits per heavy atom. The molecule has 0 amide bonds. The predicted molar refractivity (Wildman–Crippen MR) is 80.4 cm³/mol. The Labute approximate surface area is 126 Å². The number of hydrogen-bond acceptors (Lipinski definition) is 5. The predicted octanol–water partition coefficient (Wildman–Crippen LogP) is 1.04. The topological polar surface area (TPSA) is 80.3 Å². The molecular formula is C14H23N3O3S. The van der Waals surface area contributed by atoms with E-state index in [0.717, 1.165) is 24.9 Å². The molecule has 2 atom stereocenters. The van der Waals surface area contributed by atoms with Gasteiger partial charge in [0.15, 0.2) is 5.03 Å². The number of sulfonamides is 1. The van der Waals surface area contributed by atoms with Gasteiger partial charge in [0.1, 0.15) is 0 Å². The minimum atomic E-state index is -3.60. The molecular weight excluding hydrogens is 290 g/mol. The van der Waals surface area contributed by atoms with Gasteiger partial charge in [-0.1, -0.05) is 13.0 Å². The van der Waals surface area contributed by atoms with Crippen LogP contribution in [-0.4, -0.2) is 38.7 Å². The summed E-state index contributed by atoms with van der Waals surface area (Å²) in [4.78, 5) is 4.05. The lowest BCUT2D eigenvalue weighted by Gasteiger charge is -2.19. The van der Waals surface area contributed by atoms with Gasteiger partial charge in [-0.2, -0.15) is 0 Å². The summed E-state index contributed by atoms with van der Waals surface area (Å²) < 4.78 is 32.7. The van der Waals surface area contributed by atoms with E-state index in [1.807, 2.05) is 13.8 Å². The van der Waals surface area contributed by atoms with Crippen molar-refractivity contribution in [2.75, 3.05) is 13.2 Å². The molecule has 0 radical (unpaired) electrons. The third-order valence-electron chi connectivity index (χ3n) is 3.52. The van der Waals surface area contributed by atoms with Crippen molar-refractivity contribution in [3.05, 3.63) is 23.9 Å². The van der Waals surface area contributed by atoms with Crippen molar-refractivity contribution in [3.63, 3.8) is 0 Å². The molecule has 0 aliphatic carbocycles. The van der Waals surface area contributed by atoms with Crippen molar-refractivity contribution >= 4 is 10.0 Å².